The molecule has 0 saturated heterocycles. The van der Waals surface area contributed by atoms with E-state index in [9.17, 15) is 0 Å². The summed E-state index contributed by atoms with van der Waals surface area (Å²) in [7, 11) is 3.79. The van der Waals surface area contributed by atoms with Gasteiger partial charge in [0.05, 0.1) is 34.6 Å². The summed E-state index contributed by atoms with van der Waals surface area (Å²) in [6.07, 6.45) is 0. The molecular weight excluding hydrogens is 395 g/mol. The van der Waals surface area contributed by atoms with Crippen LogP contribution in [0.3, 0.4) is 0 Å². The zero-order valence-electron chi connectivity index (χ0n) is 17.2. The molecule has 0 unspecified atom stereocenters. The van der Waals surface area contributed by atoms with Crippen LogP contribution in [0.2, 0.25) is 0 Å². The number of methoxy groups -OCH3 is 2. The van der Waals surface area contributed by atoms with Crippen LogP contribution in [0.5, 0.6) is 11.5 Å². The fourth-order valence-electron chi connectivity index (χ4n) is 2.43. The van der Waals surface area contributed by atoms with Crippen molar-refractivity contribution in [3.05, 3.63) is 48.5 Å². The second-order valence-corrected chi connectivity index (χ2v) is 7.66. The lowest BCUT2D eigenvalue weighted by molar-refractivity contribution is -0.00805. The van der Waals surface area contributed by atoms with E-state index in [0.29, 0.717) is 37.9 Å². The van der Waals surface area contributed by atoms with Gasteiger partial charge >= 0.3 is 0 Å². The molecule has 0 amide bonds. The van der Waals surface area contributed by atoms with Crippen molar-refractivity contribution in [2.24, 2.45) is 0 Å². The van der Waals surface area contributed by atoms with Gasteiger partial charge in [-0.1, -0.05) is 24.3 Å². The van der Waals surface area contributed by atoms with E-state index in [1.165, 1.54) is 0 Å². The van der Waals surface area contributed by atoms with E-state index in [1.54, 1.807) is 21.3 Å². The fraction of sp³-hybridized carbons (Fsp3) is 0.429. The van der Waals surface area contributed by atoms with Crippen LogP contribution in [-0.4, -0.2) is 61.3 Å². The SMILES string of the molecule is COCCOCOc1ccccc1P(OC)c1ccccc1OCOCCOC. The second kappa shape index (κ2) is 14.3. The predicted octanol–water partition coefficient (Wildman–Crippen LogP) is 2.68. The van der Waals surface area contributed by atoms with Gasteiger partial charge < -0.3 is 32.9 Å². The molecule has 0 N–H and O–H groups in total. The van der Waals surface area contributed by atoms with Gasteiger partial charge in [-0.05, 0) is 24.3 Å². The number of hydrogen-bond donors (Lipinski definition) is 0. The standard InChI is InChI=1S/C21H29O7P/c1-22-12-14-25-16-27-18-8-4-6-10-20(18)29(24-3)21-11-7-5-9-19(21)28-17-26-15-13-23-2/h4-11H,12-17H2,1-3H3. The van der Waals surface area contributed by atoms with Gasteiger partial charge in [-0.15, -0.1) is 0 Å². The first kappa shape index (κ1) is 23.5. The number of ether oxygens (including phenoxy) is 6. The Balaban J connectivity index is 2.11. The van der Waals surface area contributed by atoms with Crippen LogP contribution in [0, 0.1) is 0 Å². The van der Waals surface area contributed by atoms with E-state index in [2.05, 4.69) is 0 Å². The minimum Gasteiger partial charge on any atom is -0.467 e. The normalized spacial score (nSPS) is 11.0. The smallest absolute Gasteiger partial charge is 0.189 e. The van der Waals surface area contributed by atoms with Gasteiger partial charge in [0.2, 0.25) is 0 Å². The molecular formula is C21H29O7P. The fourth-order valence-corrected chi connectivity index (χ4v) is 4.21. The first-order chi connectivity index (χ1) is 14.3. The first-order valence-corrected chi connectivity index (χ1v) is 10.5. The highest BCUT2D eigenvalue weighted by Crippen LogP contribution is 2.40. The number of benzene rings is 2. The Hall–Kier alpha value is -1.73. The molecule has 0 aromatic heterocycles. The molecule has 0 spiro atoms. The molecule has 0 aliphatic rings. The summed E-state index contributed by atoms with van der Waals surface area (Å²) in [5.74, 6) is 1.42. The highest BCUT2D eigenvalue weighted by atomic mass is 31.1. The van der Waals surface area contributed by atoms with Crippen LogP contribution in [0.1, 0.15) is 0 Å². The van der Waals surface area contributed by atoms with Crippen LogP contribution in [0.15, 0.2) is 48.5 Å². The van der Waals surface area contributed by atoms with Crippen molar-refractivity contribution in [1.29, 1.82) is 0 Å². The van der Waals surface area contributed by atoms with Gasteiger partial charge in [0, 0.05) is 31.9 Å². The quantitative estimate of drug-likeness (QED) is 0.247. The molecule has 29 heavy (non-hydrogen) atoms. The third-order valence-corrected chi connectivity index (χ3v) is 5.79. The first-order valence-electron chi connectivity index (χ1n) is 9.23. The predicted molar refractivity (Wildman–Crippen MR) is 113 cm³/mol. The van der Waals surface area contributed by atoms with Crippen molar-refractivity contribution < 1.29 is 32.9 Å². The summed E-state index contributed by atoms with van der Waals surface area (Å²) in [5.41, 5.74) is 0. The molecule has 160 valence electrons. The average molecular weight is 424 g/mol. The number of rotatable bonds is 15. The van der Waals surface area contributed by atoms with Crippen molar-refractivity contribution in [2.45, 2.75) is 0 Å². The Labute approximate surface area is 173 Å². The van der Waals surface area contributed by atoms with Gasteiger partial charge in [-0.2, -0.15) is 0 Å². The summed E-state index contributed by atoms with van der Waals surface area (Å²) in [6, 6.07) is 15.5. The van der Waals surface area contributed by atoms with E-state index in [-0.39, 0.29) is 13.6 Å². The van der Waals surface area contributed by atoms with Gasteiger partial charge in [-0.3, -0.25) is 0 Å². The van der Waals surface area contributed by atoms with E-state index < -0.39 is 8.15 Å². The monoisotopic (exact) mass is 424 g/mol. The lowest BCUT2D eigenvalue weighted by Gasteiger charge is -2.21. The van der Waals surface area contributed by atoms with Crippen LogP contribution in [0.4, 0.5) is 0 Å². The Bertz CT molecular complexity index is 641. The molecule has 2 aromatic carbocycles. The van der Waals surface area contributed by atoms with E-state index in [0.717, 1.165) is 10.6 Å². The number of hydrogen-bond acceptors (Lipinski definition) is 7. The van der Waals surface area contributed by atoms with Crippen LogP contribution < -0.4 is 20.1 Å². The minimum absolute atomic E-state index is 0.138. The Morgan fingerprint density at radius 2 is 1.07 bits per heavy atom. The molecule has 0 fully saturated rings. The lowest BCUT2D eigenvalue weighted by atomic mass is 10.3. The maximum absolute atomic E-state index is 5.88. The zero-order valence-corrected chi connectivity index (χ0v) is 18.1. The summed E-state index contributed by atoms with van der Waals surface area (Å²) in [4.78, 5) is 0. The molecule has 0 saturated carbocycles. The second-order valence-electron chi connectivity index (χ2n) is 5.74. The summed E-state index contributed by atoms with van der Waals surface area (Å²) < 4.78 is 38.3. The average Bonchev–Trinajstić information content (AvgIpc) is 2.76. The van der Waals surface area contributed by atoms with Crippen molar-refractivity contribution in [1.82, 2.24) is 0 Å². The van der Waals surface area contributed by atoms with Crippen molar-refractivity contribution >= 4 is 18.8 Å². The third kappa shape index (κ3) is 7.90. The van der Waals surface area contributed by atoms with Crippen LogP contribution >= 0.6 is 8.15 Å². The van der Waals surface area contributed by atoms with E-state index >= 15 is 0 Å². The van der Waals surface area contributed by atoms with Crippen LogP contribution in [-0.2, 0) is 23.5 Å². The Kier molecular flexibility index (Phi) is 11.6. The van der Waals surface area contributed by atoms with Crippen molar-refractivity contribution in [2.75, 3.05) is 61.3 Å². The van der Waals surface area contributed by atoms with Crippen molar-refractivity contribution in [3.63, 3.8) is 0 Å². The van der Waals surface area contributed by atoms with Crippen molar-refractivity contribution in [3.8, 4) is 11.5 Å². The Morgan fingerprint density at radius 3 is 1.48 bits per heavy atom. The molecule has 2 rings (SSSR count). The summed E-state index contributed by atoms with van der Waals surface area (Å²) >= 11 is 0. The topological polar surface area (TPSA) is 64.6 Å². The van der Waals surface area contributed by atoms with Gasteiger partial charge in [0.1, 0.15) is 11.5 Å². The molecule has 0 radical (unpaired) electrons. The lowest BCUT2D eigenvalue weighted by Crippen LogP contribution is -2.19. The van der Waals surface area contributed by atoms with Gasteiger partial charge in [0.25, 0.3) is 0 Å². The largest absolute Gasteiger partial charge is 0.467 e. The molecule has 7 nitrogen and oxygen atoms in total. The summed E-state index contributed by atoms with van der Waals surface area (Å²) in [5, 5.41) is 1.88. The highest BCUT2D eigenvalue weighted by Gasteiger charge is 2.22. The minimum atomic E-state index is -1.16. The third-order valence-electron chi connectivity index (χ3n) is 3.81. The molecule has 2 aromatic rings. The van der Waals surface area contributed by atoms with Gasteiger partial charge in [-0.25, -0.2) is 0 Å². The molecule has 0 atom stereocenters. The maximum atomic E-state index is 5.88. The molecule has 0 aliphatic carbocycles. The van der Waals surface area contributed by atoms with Crippen LogP contribution in [0.25, 0.3) is 0 Å². The highest BCUT2D eigenvalue weighted by molar-refractivity contribution is 7.69. The molecule has 0 aliphatic heterocycles. The Morgan fingerprint density at radius 1 is 0.621 bits per heavy atom. The zero-order chi connectivity index (χ0) is 20.7. The number of para-hydroxylation sites is 2. The van der Waals surface area contributed by atoms with E-state index in [4.69, 9.17) is 32.9 Å². The van der Waals surface area contributed by atoms with E-state index in [1.807, 2.05) is 48.5 Å². The summed E-state index contributed by atoms with van der Waals surface area (Å²) in [6.45, 7) is 2.26. The maximum Gasteiger partial charge on any atom is 0.189 e. The van der Waals surface area contributed by atoms with Gasteiger partial charge in [0.15, 0.2) is 13.6 Å². The molecule has 8 heteroatoms. The molecule has 0 heterocycles. The molecule has 0 bridgehead atoms.